The third-order valence-corrected chi connectivity index (χ3v) is 13.6. The second-order valence-electron chi connectivity index (χ2n) is 13.1. The van der Waals surface area contributed by atoms with Gasteiger partial charge in [-0.1, -0.05) is 122 Å². The Hall–Kier alpha value is -5.78. The highest BCUT2D eigenvalue weighted by atomic mass is 28.3. The molecule has 1 aliphatic rings. The Morgan fingerprint density at radius 1 is 0.468 bits per heavy atom. The zero-order valence-corrected chi connectivity index (χ0v) is 27.1. The summed E-state index contributed by atoms with van der Waals surface area (Å²) in [6, 6.07) is 52.3. The quantitative estimate of drug-likeness (QED) is 0.185. The molecule has 0 bridgehead atoms. The lowest BCUT2D eigenvalue weighted by atomic mass is 10.1. The van der Waals surface area contributed by atoms with E-state index in [1.807, 2.05) is 0 Å². The topological polar surface area (TPSA) is 35.6 Å². The van der Waals surface area contributed by atoms with Gasteiger partial charge in [0, 0.05) is 32.8 Å². The molecule has 6 aromatic carbocycles. The molecular formula is C42H30N4Si. The first-order valence-corrected chi connectivity index (χ1v) is 19.2. The Morgan fingerprint density at radius 3 is 1.70 bits per heavy atom. The minimum atomic E-state index is -2.06. The summed E-state index contributed by atoms with van der Waals surface area (Å²) in [7, 11) is -2.06. The summed E-state index contributed by atoms with van der Waals surface area (Å²) < 4.78 is 4.68. The molecule has 5 heteroatoms. The summed E-state index contributed by atoms with van der Waals surface area (Å²) in [4.78, 5) is 11.0. The predicted octanol–water partition coefficient (Wildman–Crippen LogP) is 9.14. The highest BCUT2D eigenvalue weighted by Gasteiger charge is 2.41. The number of aromatic nitrogens is 4. The minimum absolute atomic E-state index is 0.710. The number of nitrogens with zero attached hydrogens (tertiary/aromatic N) is 4. The lowest BCUT2D eigenvalue weighted by Crippen LogP contribution is -2.50. The molecule has 47 heavy (non-hydrogen) atoms. The predicted molar refractivity (Wildman–Crippen MR) is 198 cm³/mol. The number of hydrogen-bond donors (Lipinski definition) is 0. The fourth-order valence-corrected chi connectivity index (χ4v) is 11.2. The van der Waals surface area contributed by atoms with Crippen LogP contribution in [0.1, 0.15) is 0 Å². The van der Waals surface area contributed by atoms with E-state index >= 15 is 0 Å². The Balaban J connectivity index is 1.35. The zero-order valence-electron chi connectivity index (χ0n) is 26.1. The highest BCUT2D eigenvalue weighted by Crippen LogP contribution is 2.40. The first-order chi connectivity index (χ1) is 23.1. The summed E-state index contributed by atoms with van der Waals surface area (Å²) in [6.07, 6.45) is 0. The van der Waals surface area contributed by atoms with E-state index in [0.29, 0.717) is 5.95 Å². The van der Waals surface area contributed by atoms with Crippen molar-refractivity contribution in [3.63, 3.8) is 0 Å². The smallest absolute Gasteiger partial charge is 0.235 e. The van der Waals surface area contributed by atoms with Crippen LogP contribution in [0, 0.1) is 0 Å². The summed E-state index contributed by atoms with van der Waals surface area (Å²) in [6.45, 7) is 4.87. The molecule has 4 nitrogen and oxygen atoms in total. The van der Waals surface area contributed by atoms with Crippen LogP contribution < -0.4 is 10.4 Å². The largest absolute Gasteiger partial charge is 0.309 e. The molecule has 0 spiro atoms. The van der Waals surface area contributed by atoms with Gasteiger partial charge in [-0.05, 0) is 52.3 Å². The van der Waals surface area contributed by atoms with Crippen molar-refractivity contribution in [2.45, 2.75) is 13.1 Å². The van der Waals surface area contributed by atoms with Crippen LogP contribution in [0.25, 0.3) is 77.8 Å². The van der Waals surface area contributed by atoms with Gasteiger partial charge in [0.2, 0.25) is 5.95 Å². The van der Waals surface area contributed by atoms with Crippen LogP contribution in [0.5, 0.6) is 0 Å². The molecule has 222 valence electrons. The Morgan fingerprint density at radius 2 is 1.00 bits per heavy atom. The standard InChI is InChI=1S/C42H30N4Si/c1-47(2)38-24-14-11-21-31(38)40-41(47)39(27-15-5-3-6-16-27)43-42(44-40)46-35-23-13-10-20-30(35)33-25-36-32(26-37(33)46)29-19-9-12-22-34(29)45(36)28-17-7-4-8-18-28/h3-26H,1-2H3. The molecule has 1 aliphatic heterocycles. The van der Waals surface area contributed by atoms with Crippen molar-refractivity contribution in [1.29, 1.82) is 0 Å². The molecule has 0 N–H and O–H groups in total. The second kappa shape index (κ2) is 9.61. The molecule has 3 aromatic heterocycles. The van der Waals surface area contributed by atoms with Crippen molar-refractivity contribution in [3.05, 3.63) is 146 Å². The first kappa shape index (κ1) is 26.4. The molecule has 0 saturated carbocycles. The fraction of sp³-hybridized carbons (Fsp3) is 0.0476. The molecular weight excluding hydrogens is 589 g/mol. The van der Waals surface area contributed by atoms with Gasteiger partial charge >= 0.3 is 0 Å². The molecule has 0 aliphatic carbocycles. The Bertz CT molecular complexity index is 2700. The number of hydrogen-bond acceptors (Lipinski definition) is 2. The molecule has 0 atom stereocenters. The average Bonchev–Trinajstić information content (AvgIpc) is 3.71. The van der Waals surface area contributed by atoms with E-state index in [1.165, 1.54) is 48.5 Å². The van der Waals surface area contributed by atoms with Gasteiger partial charge in [0.25, 0.3) is 0 Å². The van der Waals surface area contributed by atoms with Crippen LogP contribution in [-0.4, -0.2) is 27.2 Å². The van der Waals surface area contributed by atoms with Crippen molar-refractivity contribution in [2.24, 2.45) is 0 Å². The van der Waals surface area contributed by atoms with Crippen LogP contribution >= 0.6 is 0 Å². The van der Waals surface area contributed by atoms with E-state index in [2.05, 4.69) is 168 Å². The maximum Gasteiger partial charge on any atom is 0.235 e. The van der Waals surface area contributed by atoms with Crippen molar-refractivity contribution in [2.75, 3.05) is 0 Å². The first-order valence-electron chi connectivity index (χ1n) is 16.2. The summed E-state index contributed by atoms with van der Waals surface area (Å²) in [5.41, 5.74) is 10.3. The Kier molecular flexibility index (Phi) is 5.41. The maximum atomic E-state index is 5.51. The zero-order chi connectivity index (χ0) is 31.3. The van der Waals surface area contributed by atoms with Crippen LogP contribution in [0.4, 0.5) is 0 Å². The van der Waals surface area contributed by atoms with Crippen molar-refractivity contribution >= 4 is 62.1 Å². The molecule has 9 aromatic rings. The second-order valence-corrected chi connectivity index (χ2v) is 17.3. The van der Waals surface area contributed by atoms with Gasteiger partial charge in [-0.3, -0.25) is 4.57 Å². The van der Waals surface area contributed by atoms with E-state index in [1.54, 1.807) is 0 Å². The molecule has 0 amide bonds. The van der Waals surface area contributed by atoms with Gasteiger partial charge in [0.05, 0.1) is 33.5 Å². The van der Waals surface area contributed by atoms with Crippen LogP contribution in [0.15, 0.2) is 146 Å². The molecule has 0 radical (unpaired) electrons. The molecule has 10 rings (SSSR count). The SMILES string of the molecule is C[Si]1(C)c2ccccc2-c2nc(-n3c4ccccc4c4cc5c(cc43)c3ccccc3n5-c3ccccc3)nc(-c3ccccc3)c21. The lowest BCUT2D eigenvalue weighted by molar-refractivity contribution is 1.00. The third-order valence-electron chi connectivity index (χ3n) is 10.1. The van der Waals surface area contributed by atoms with E-state index in [4.69, 9.17) is 9.97 Å². The number of rotatable bonds is 3. The van der Waals surface area contributed by atoms with Gasteiger partial charge in [-0.25, -0.2) is 9.97 Å². The molecule has 4 heterocycles. The number of para-hydroxylation sites is 3. The van der Waals surface area contributed by atoms with Gasteiger partial charge in [0.15, 0.2) is 0 Å². The highest BCUT2D eigenvalue weighted by molar-refractivity contribution is 7.04. The Labute approximate surface area is 273 Å². The molecule has 0 unspecified atom stereocenters. The summed E-state index contributed by atoms with van der Waals surface area (Å²) in [5, 5.41) is 7.57. The van der Waals surface area contributed by atoms with Crippen LogP contribution in [-0.2, 0) is 0 Å². The molecule has 0 fully saturated rings. The van der Waals surface area contributed by atoms with Gasteiger partial charge in [-0.2, -0.15) is 0 Å². The van der Waals surface area contributed by atoms with Gasteiger partial charge < -0.3 is 4.57 Å². The number of benzene rings is 6. The normalized spacial score (nSPS) is 13.5. The van der Waals surface area contributed by atoms with Crippen molar-refractivity contribution < 1.29 is 0 Å². The van der Waals surface area contributed by atoms with Crippen LogP contribution in [0.2, 0.25) is 13.1 Å². The minimum Gasteiger partial charge on any atom is -0.309 e. The lowest BCUT2D eigenvalue weighted by Gasteiger charge is -2.21. The van der Waals surface area contributed by atoms with Gasteiger partial charge in [0.1, 0.15) is 8.07 Å². The third kappa shape index (κ3) is 3.63. The maximum absolute atomic E-state index is 5.51. The van der Waals surface area contributed by atoms with E-state index < -0.39 is 8.07 Å². The van der Waals surface area contributed by atoms with Crippen LogP contribution in [0.3, 0.4) is 0 Å². The monoisotopic (exact) mass is 618 g/mol. The fourth-order valence-electron chi connectivity index (χ4n) is 8.01. The van der Waals surface area contributed by atoms with E-state index in [0.717, 1.165) is 33.7 Å². The molecule has 0 saturated heterocycles. The van der Waals surface area contributed by atoms with Crippen molar-refractivity contribution in [1.82, 2.24) is 19.1 Å². The van der Waals surface area contributed by atoms with E-state index in [-0.39, 0.29) is 0 Å². The summed E-state index contributed by atoms with van der Waals surface area (Å²) in [5.74, 6) is 0.710. The van der Waals surface area contributed by atoms with E-state index in [9.17, 15) is 0 Å². The van der Waals surface area contributed by atoms with Crippen molar-refractivity contribution in [3.8, 4) is 34.2 Å². The number of fused-ring (bicyclic) bond motifs is 9. The average molecular weight is 619 g/mol. The summed E-state index contributed by atoms with van der Waals surface area (Å²) >= 11 is 0. The van der Waals surface area contributed by atoms with Gasteiger partial charge in [-0.15, -0.1) is 0 Å².